The number of pyridine rings is 1. The minimum atomic E-state index is -4.73. The predicted octanol–water partition coefficient (Wildman–Crippen LogP) is 7.61. The highest BCUT2D eigenvalue weighted by Crippen LogP contribution is 2.47. The van der Waals surface area contributed by atoms with Crippen molar-refractivity contribution in [2.75, 3.05) is 39.6 Å². The summed E-state index contributed by atoms with van der Waals surface area (Å²) in [7, 11) is -0.175. The fourth-order valence-electron chi connectivity index (χ4n) is 8.46. The topological polar surface area (TPSA) is 228 Å². The van der Waals surface area contributed by atoms with E-state index in [0.29, 0.717) is 38.7 Å². The van der Waals surface area contributed by atoms with Gasteiger partial charge in [-0.3, -0.25) is 18.5 Å². The Balaban J connectivity index is 1.13. The van der Waals surface area contributed by atoms with Crippen molar-refractivity contribution in [3.8, 4) is 17.2 Å². The molecule has 0 spiro atoms. The fourth-order valence-corrected chi connectivity index (χ4v) is 9.23. The Bertz CT molecular complexity index is 3160. The summed E-state index contributed by atoms with van der Waals surface area (Å²) in [6.45, 7) is -0.896. The zero-order valence-corrected chi connectivity index (χ0v) is 40.5. The van der Waals surface area contributed by atoms with Gasteiger partial charge in [-0.2, -0.15) is 4.73 Å². The van der Waals surface area contributed by atoms with Gasteiger partial charge in [0, 0.05) is 11.6 Å². The lowest BCUT2D eigenvalue weighted by Crippen LogP contribution is -2.42. The molecule has 0 radical (unpaired) electrons. The van der Waals surface area contributed by atoms with Crippen molar-refractivity contribution in [1.29, 1.82) is 0 Å². The number of nitrogens with zero attached hydrogens (tertiary/aromatic N) is 5. The van der Waals surface area contributed by atoms with Crippen LogP contribution in [-0.2, 0) is 40.2 Å². The summed E-state index contributed by atoms with van der Waals surface area (Å²) < 4.78 is 64.6. The van der Waals surface area contributed by atoms with Crippen LogP contribution in [0.1, 0.15) is 49.3 Å². The third-order valence-corrected chi connectivity index (χ3v) is 13.1. The van der Waals surface area contributed by atoms with E-state index in [0.717, 1.165) is 5.56 Å². The third kappa shape index (κ3) is 10.9. The Kier molecular flexibility index (Phi) is 15.2. The van der Waals surface area contributed by atoms with Crippen LogP contribution in [-0.4, -0.2) is 88.9 Å². The number of methoxy groups -OCH3 is 3. The van der Waals surface area contributed by atoms with Crippen LogP contribution in [0, 0.1) is 5.21 Å². The number of carbonyl (C=O) groups excluding carboxylic acids is 2. The monoisotopic (exact) mass is 1010 g/mol. The molecule has 3 aromatic heterocycles. The number of amides is 1. The lowest BCUT2D eigenvalue weighted by atomic mass is 9.80. The highest BCUT2D eigenvalue weighted by Gasteiger charge is 2.52. The highest BCUT2D eigenvalue weighted by molar-refractivity contribution is 7.52. The molecule has 5 aromatic carbocycles. The number of aromatic nitrogens is 5. The molecule has 8 aromatic rings. The van der Waals surface area contributed by atoms with Gasteiger partial charge in [-0.1, -0.05) is 91.0 Å². The molecule has 0 saturated carbocycles. The molecule has 1 aliphatic rings. The summed E-state index contributed by atoms with van der Waals surface area (Å²) in [6, 6.07) is 43.9. The molecule has 374 valence electrons. The van der Waals surface area contributed by atoms with Crippen molar-refractivity contribution in [1.82, 2.24) is 19.5 Å². The second-order valence-corrected chi connectivity index (χ2v) is 18.3. The van der Waals surface area contributed by atoms with Gasteiger partial charge in [0.05, 0.1) is 45.9 Å². The van der Waals surface area contributed by atoms with E-state index in [4.69, 9.17) is 37.7 Å². The van der Waals surface area contributed by atoms with Gasteiger partial charge in [-0.05, 0) is 65.2 Å². The first-order chi connectivity index (χ1) is 35.5. The van der Waals surface area contributed by atoms with Crippen LogP contribution in [0.5, 0.6) is 17.2 Å². The SMILES string of the molecule is COc1ccc(C(OC[C@H]2O[C@@H](n3cnc4c(NC(=O)c5ccccc5)ncnc43)[C@H](OCP(=O)(O)OCc3cc(OC)cc[n+]3[O-])[C@H]2OC(=O)c2ccccc2)(c2ccccc2)c2ccc(OC)cc2)cc1. The van der Waals surface area contributed by atoms with E-state index in [1.165, 1.54) is 42.7 Å². The third-order valence-electron chi connectivity index (χ3n) is 12.1. The predicted molar refractivity (Wildman–Crippen MR) is 264 cm³/mol. The molecular formula is C53H49N6O13P. The largest absolute Gasteiger partial charge is 0.618 e. The van der Waals surface area contributed by atoms with Crippen LogP contribution in [0.15, 0.2) is 171 Å². The van der Waals surface area contributed by atoms with Crippen molar-refractivity contribution in [2.24, 2.45) is 0 Å². The zero-order valence-electron chi connectivity index (χ0n) is 39.6. The zero-order chi connectivity index (χ0) is 51.0. The first-order valence-electron chi connectivity index (χ1n) is 22.8. The van der Waals surface area contributed by atoms with Gasteiger partial charge in [0.2, 0.25) is 5.69 Å². The molecule has 19 nitrogen and oxygen atoms in total. The number of carbonyl (C=O) groups is 2. The van der Waals surface area contributed by atoms with Gasteiger partial charge in [-0.25, -0.2) is 19.7 Å². The summed E-state index contributed by atoms with van der Waals surface area (Å²) in [5, 5.41) is 15.4. The van der Waals surface area contributed by atoms with Gasteiger partial charge in [0.25, 0.3) is 5.91 Å². The van der Waals surface area contributed by atoms with E-state index in [1.54, 1.807) is 74.9 Å². The highest BCUT2D eigenvalue weighted by atomic mass is 31.2. The average Bonchev–Trinajstić information content (AvgIpc) is 4.02. The lowest BCUT2D eigenvalue weighted by Gasteiger charge is -2.37. The van der Waals surface area contributed by atoms with Crippen molar-refractivity contribution in [2.45, 2.75) is 36.7 Å². The molecule has 4 heterocycles. The normalized spacial score (nSPS) is 17.4. The molecule has 1 aliphatic heterocycles. The molecular weight excluding hydrogens is 960 g/mol. The van der Waals surface area contributed by atoms with Crippen molar-refractivity contribution >= 4 is 36.5 Å². The van der Waals surface area contributed by atoms with Crippen LogP contribution in [0.25, 0.3) is 11.2 Å². The number of imidazole rings is 1. The van der Waals surface area contributed by atoms with E-state index >= 15 is 0 Å². The molecule has 0 aliphatic carbocycles. The first kappa shape index (κ1) is 49.9. The standard InChI is InChI=1S/C53H49N6O13P/c1-65-41-23-19-38(20-24-41)53(37-17-11-6-12-18-37,39-21-25-42(66-2)26-22-39)69-31-44-46(72-52(61)36-15-9-5-10-16-36)47(68-34-73(63,64)70-30-40-29-43(67-3)27-28-59(40)62)51(71-44)58-33-56-45-48(54-32-55-49(45)58)57-50(60)35-13-7-4-8-14-35/h4-29,32-33,44,46-47,51H,30-31,34H2,1-3H3,(H,63,64)(H,54,55,57,60)/t44-,46+,47-,51-/m1/s1. The molecule has 73 heavy (non-hydrogen) atoms. The number of anilines is 1. The number of hydrogen-bond donors (Lipinski definition) is 2. The van der Waals surface area contributed by atoms with Crippen molar-refractivity contribution in [3.63, 3.8) is 0 Å². The molecule has 1 amide bonds. The van der Waals surface area contributed by atoms with E-state index in [1.807, 2.05) is 78.9 Å². The number of ether oxygens (including phenoxy) is 7. The molecule has 0 bridgehead atoms. The van der Waals surface area contributed by atoms with Crippen LogP contribution < -0.4 is 24.3 Å². The van der Waals surface area contributed by atoms with Crippen LogP contribution in [0.4, 0.5) is 5.82 Å². The number of rotatable bonds is 20. The van der Waals surface area contributed by atoms with E-state index in [9.17, 15) is 24.3 Å². The maximum atomic E-state index is 14.2. The molecule has 9 rings (SSSR count). The second-order valence-electron chi connectivity index (χ2n) is 16.5. The van der Waals surface area contributed by atoms with Gasteiger partial charge < -0.3 is 48.6 Å². The number of esters is 1. The summed E-state index contributed by atoms with van der Waals surface area (Å²) in [5.41, 5.74) is 1.60. The Hall–Kier alpha value is -8.03. The van der Waals surface area contributed by atoms with Crippen molar-refractivity contribution in [3.05, 3.63) is 209 Å². The Labute approximate surface area is 418 Å². The summed E-state index contributed by atoms with van der Waals surface area (Å²) in [4.78, 5) is 52.4. The summed E-state index contributed by atoms with van der Waals surface area (Å²) in [6.07, 6.45) is -2.52. The van der Waals surface area contributed by atoms with Crippen LogP contribution >= 0.6 is 7.60 Å². The number of fused-ring (bicyclic) bond motifs is 1. The fraction of sp³-hybridized carbons (Fsp3) is 0.208. The van der Waals surface area contributed by atoms with Gasteiger partial charge in [0.1, 0.15) is 54.3 Å². The minimum absolute atomic E-state index is 0.0158. The van der Waals surface area contributed by atoms with Crippen LogP contribution in [0.3, 0.4) is 0 Å². The van der Waals surface area contributed by atoms with Gasteiger partial charge >= 0.3 is 13.6 Å². The maximum absolute atomic E-state index is 14.2. The van der Waals surface area contributed by atoms with Gasteiger partial charge in [-0.15, -0.1) is 0 Å². The summed E-state index contributed by atoms with van der Waals surface area (Å²) >= 11 is 0. The number of benzene rings is 5. The maximum Gasteiger partial charge on any atom is 0.354 e. The Morgan fingerprint density at radius 3 is 1.96 bits per heavy atom. The van der Waals surface area contributed by atoms with Crippen molar-refractivity contribution < 1.29 is 61.5 Å². The molecule has 2 N–H and O–H groups in total. The molecule has 1 unspecified atom stereocenters. The number of nitrogens with one attached hydrogen (secondary N) is 1. The van der Waals surface area contributed by atoms with E-state index < -0.39 is 62.6 Å². The summed E-state index contributed by atoms with van der Waals surface area (Å²) in [5.74, 6) is 0.396. The number of hydrogen-bond acceptors (Lipinski definition) is 15. The molecule has 1 saturated heterocycles. The lowest BCUT2D eigenvalue weighted by molar-refractivity contribution is -0.616. The van der Waals surface area contributed by atoms with Gasteiger partial charge in [0.15, 0.2) is 35.5 Å². The molecule has 5 atom stereocenters. The van der Waals surface area contributed by atoms with E-state index in [-0.39, 0.29) is 34.8 Å². The first-order valence-corrected chi connectivity index (χ1v) is 24.5. The van der Waals surface area contributed by atoms with E-state index in [2.05, 4.69) is 20.3 Å². The second kappa shape index (κ2) is 22.2. The smallest absolute Gasteiger partial charge is 0.354 e. The quantitative estimate of drug-likeness (QED) is 0.0246. The minimum Gasteiger partial charge on any atom is -0.618 e. The molecule has 20 heteroatoms. The molecule has 1 fully saturated rings. The Morgan fingerprint density at radius 1 is 0.753 bits per heavy atom. The average molecular weight is 1010 g/mol. The van der Waals surface area contributed by atoms with Crippen LogP contribution in [0.2, 0.25) is 0 Å². The Morgan fingerprint density at radius 2 is 1.34 bits per heavy atom.